The number of amides is 1. The highest BCUT2D eigenvalue weighted by atomic mass is 16.1. The smallest absolute Gasteiger partial charge is 0.251 e. The van der Waals surface area contributed by atoms with Crippen molar-refractivity contribution in [1.29, 1.82) is 0 Å². The van der Waals surface area contributed by atoms with Crippen molar-refractivity contribution in [2.45, 2.75) is 33.1 Å². The van der Waals surface area contributed by atoms with Crippen LogP contribution in [0.4, 0.5) is 5.69 Å². The molecule has 0 radical (unpaired) electrons. The van der Waals surface area contributed by atoms with Gasteiger partial charge >= 0.3 is 0 Å². The van der Waals surface area contributed by atoms with E-state index in [2.05, 4.69) is 15.3 Å². The van der Waals surface area contributed by atoms with E-state index in [9.17, 15) is 9.59 Å². The van der Waals surface area contributed by atoms with Gasteiger partial charge in [0.25, 0.3) is 5.56 Å². The summed E-state index contributed by atoms with van der Waals surface area (Å²) in [5, 5.41) is 2.86. The lowest BCUT2D eigenvalue weighted by Gasteiger charge is -2.07. The molecule has 0 saturated heterocycles. The molecule has 110 valence electrons. The van der Waals surface area contributed by atoms with E-state index >= 15 is 0 Å². The number of nitrogens with one attached hydrogen (secondary N) is 2. The van der Waals surface area contributed by atoms with E-state index in [1.165, 1.54) is 6.07 Å². The number of carbonyl (C=O) groups excluding carboxylic acids is 1. The Hall–Kier alpha value is -2.43. The Morgan fingerprint density at radius 3 is 2.86 bits per heavy atom. The maximum Gasteiger partial charge on any atom is 0.251 e. The fraction of sp³-hybridized carbons (Fsp3) is 0.312. The average molecular weight is 285 g/mol. The molecule has 2 N–H and O–H groups in total. The maximum atomic E-state index is 11.7. The normalized spacial score (nSPS) is 10.4. The number of anilines is 1. The summed E-state index contributed by atoms with van der Waals surface area (Å²) in [6, 6.07) is 8.75. The second-order valence-electron chi connectivity index (χ2n) is 4.97. The summed E-state index contributed by atoms with van der Waals surface area (Å²) in [7, 11) is 0. The Balaban J connectivity index is 2.21. The summed E-state index contributed by atoms with van der Waals surface area (Å²) < 4.78 is 0. The summed E-state index contributed by atoms with van der Waals surface area (Å²) in [4.78, 5) is 30.2. The van der Waals surface area contributed by atoms with Crippen molar-refractivity contribution in [2.24, 2.45) is 0 Å². The zero-order chi connectivity index (χ0) is 15.2. The molecule has 0 bridgehead atoms. The van der Waals surface area contributed by atoms with Crippen LogP contribution in [-0.4, -0.2) is 15.9 Å². The number of hydrogen-bond donors (Lipinski definition) is 2. The van der Waals surface area contributed by atoms with Crippen molar-refractivity contribution >= 4 is 11.6 Å². The molecule has 5 nitrogen and oxygen atoms in total. The molecule has 1 aromatic carbocycles. The largest absolute Gasteiger partial charge is 0.326 e. The number of aromatic nitrogens is 2. The molecule has 1 aromatic heterocycles. The predicted octanol–water partition coefficient (Wildman–Crippen LogP) is 2.87. The molecule has 0 unspecified atom stereocenters. The van der Waals surface area contributed by atoms with Gasteiger partial charge in [-0.25, -0.2) is 4.98 Å². The van der Waals surface area contributed by atoms with Gasteiger partial charge in [0.2, 0.25) is 5.91 Å². The van der Waals surface area contributed by atoms with Crippen LogP contribution in [0.5, 0.6) is 0 Å². The summed E-state index contributed by atoms with van der Waals surface area (Å²) in [6.07, 6.45) is 2.38. The quantitative estimate of drug-likeness (QED) is 0.887. The molecule has 5 heteroatoms. The molecule has 2 aromatic rings. The Kier molecular flexibility index (Phi) is 4.87. The summed E-state index contributed by atoms with van der Waals surface area (Å²) >= 11 is 0. The number of hydrogen-bond acceptors (Lipinski definition) is 3. The lowest BCUT2D eigenvalue weighted by molar-refractivity contribution is -0.116. The number of nitrogens with zero attached hydrogens (tertiary/aromatic N) is 1. The van der Waals surface area contributed by atoms with E-state index < -0.39 is 0 Å². The molecular weight excluding hydrogens is 266 g/mol. The Labute approximate surface area is 123 Å². The highest BCUT2D eigenvalue weighted by Gasteiger charge is 2.05. The first-order valence-corrected chi connectivity index (χ1v) is 7.06. The second-order valence-corrected chi connectivity index (χ2v) is 4.97. The number of benzene rings is 1. The minimum Gasteiger partial charge on any atom is -0.326 e. The third-order valence-corrected chi connectivity index (χ3v) is 3.05. The monoisotopic (exact) mass is 285 g/mol. The fourth-order valence-corrected chi connectivity index (χ4v) is 2.02. The predicted molar refractivity (Wildman–Crippen MR) is 83.2 cm³/mol. The second kappa shape index (κ2) is 6.83. The number of rotatable bonds is 5. The van der Waals surface area contributed by atoms with Gasteiger partial charge in [0.05, 0.1) is 0 Å². The summed E-state index contributed by atoms with van der Waals surface area (Å²) in [6.45, 7) is 3.82. The molecule has 21 heavy (non-hydrogen) atoms. The van der Waals surface area contributed by atoms with Crippen LogP contribution in [0.1, 0.15) is 31.9 Å². The van der Waals surface area contributed by atoms with Gasteiger partial charge in [-0.1, -0.05) is 25.5 Å². The minimum atomic E-state index is -0.185. The van der Waals surface area contributed by atoms with Gasteiger partial charge in [-0.3, -0.25) is 9.59 Å². The first kappa shape index (κ1) is 15.0. The number of carbonyl (C=O) groups is 1. The van der Waals surface area contributed by atoms with E-state index in [1.807, 2.05) is 31.2 Å². The van der Waals surface area contributed by atoms with Gasteiger partial charge in [0.15, 0.2) is 0 Å². The first-order chi connectivity index (χ1) is 10.1. The molecule has 1 amide bonds. The Bertz CT molecular complexity index is 692. The molecule has 0 saturated carbocycles. The van der Waals surface area contributed by atoms with E-state index in [0.717, 1.165) is 18.4 Å². The maximum absolute atomic E-state index is 11.7. The standard InChI is InChI=1S/C16H19N3O2/c1-3-4-8-14(20)18-13-7-5-6-12(10-13)16-17-11(2)9-15(21)19-16/h5-7,9-10H,3-4,8H2,1-2H3,(H,18,20)(H,17,19,21). The number of aryl methyl sites for hydroxylation is 1. The molecule has 0 fully saturated rings. The van der Waals surface area contributed by atoms with Crippen LogP contribution in [0.15, 0.2) is 35.1 Å². The van der Waals surface area contributed by atoms with Gasteiger partial charge in [-0.2, -0.15) is 0 Å². The molecule has 0 spiro atoms. The molecule has 0 aliphatic rings. The molecule has 0 atom stereocenters. The highest BCUT2D eigenvalue weighted by molar-refractivity contribution is 5.91. The van der Waals surface area contributed by atoms with Crippen LogP contribution in [0.3, 0.4) is 0 Å². The van der Waals surface area contributed by atoms with Crippen LogP contribution in [0.25, 0.3) is 11.4 Å². The van der Waals surface area contributed by atoms with Crippen molar-refractivity contribution in [3.05, 3.63) is 46.4 Å². The minimum absolute atomic E-state index is 0.000283. The molecule has 2 rings (SSSR count). The molecule has 0 aliphatic carbocycles. The van der Waals surface area contributed by atoms with E-state index in [0.29, 0.717) is 23.6 Å². The number of unbranched alkanes of at least 4 members (excludes halogenated alkanes) is 1. The van der Waals surface area contributed by atoms with Gasteiger partial charge in [-0.15, -0.1) is 0 Å². The van der Waals surface area contributed by atoms with E-state index in [-0.39, 0.29) is 11.5 Å². The van der Waals surface area contributed by atoms with Crippen LogP contribution >= 0.6 is 0 Å². The van der Waals surface area contributed by atoms with Gasteiger partial charge < -0.3 is 10.3 Å². The van der Waals surface area contributed by atoms with Crippen molar-refractivity contribution in [1.82, 2.24) is 9.97 Å². The summed E-state index contributed by atoms with van der Waals surface area (Å²) in [5.41, 5.74) is 1.95. The SMILES string of the molecule is CCCCC(=O)Nc1cccc(-c2nc(C)cc(=O)[nH]2)c1. The Morgan fingerprint density at radius 2 is 2.14 bits per heavy atom. The van der Waals surface area contributed by atoms with Crippen LogP contribution in [0.2, 0.25) is 0 Å². The zero-order valence-corrected chi connectivity index (χ0v) is 12.3. The number of aromatic amines is 1. The topological polar surface area (TPSA) is 74.8 Å². The van der Waals surface area contributed by atoms with Crippen LogP contribution in [-0.2, 0) is 4.79 Å². The third-order valence-electron chi connectivity index (χ3n) is 3.05. The molecular formula is C16H19N3O2. The molecule has 1 heterocycles. The highest BCUT2D eigenvalue weighted by Crippen LogP contribution is 2.19. The van der Waals surface area contributed by atoms with E-state index in [4.69, 9.17) is 0 Å². The van der Waals surface area contributed by atoms with Crippen molar-refractivity contribution in [3.8, 4) is 11.4 Å². The van der Waals surface area contributed by atoms with Crippen LogP contribution < -0.4 is 10.9 Å². The van der Waals surface area contributed by atoms with Gasteiger partial charge in [0.1, 0.15) is 5.82 Å². The van der Waals surface area contributed by atoms with Crippen LogP contribution in [0, 0.1) is 6.92 Å². The zero-order valence-electron chi connectivity index (χ0n) is 12.3. The summed E-state index contributed by atoms with van der Waals surface area (Å²) in [5.74, 6) is 0.504. The van der Waals surface area contributed by atoms with Gasteiger partial charge in [-0.05, 0) is 25.5 Å². The van der Waals surface area contributed by atoms with Gasteiger partial charge in [0, 0.05) is 29.4 Å². The first-order valence-electron chi connectivity index (χ1n) is 7.06. The lowest BCUT2D eigenvalue weighted by Crippen LogP contribution is -2.11. The van der Waals surface area contributed by atoms with Crippen molar-refractivity contribution in [3.63, 3.8) is 0 Å². The average Bonchev–Trinajstić information content (AvgIpc) is 2.44. The van der Waals surface area contributed by atoms with Crippen molar-refractivity contribution in [2.75, 3.05) is 5.32 Å². The molecule has 0 aliphatic heterocycles. The Morgan fingerprint density at radius 1 is 1.33 bits per heavy atom. The fourth-order valence-electron chi connectivity index (χ4n) is 2.02. The van der Waals surface area contributed by atoms with E-state index in [1.54, 1.807) is 6.92 Å². The lowest BCUT2D eigenvalue weighted by atomic mass is 10.1. The van der Waals surface area contributed by atoms with Crippen molar-refractivity contribution < 1.29 is 4.79 Å². The number of H-pyrrole nitrogens is 1. The third kappa shape index (κ3) is 4.27.